The molecule has 1 fully saturated rings. The summed E-state index contributed by atoms with van der Waals surface area (Å²) in [7, 11) is 3.09. The standard InChI is InChI=1S/C30H30N4O7S/c1-37-21-5-8-25(38-2)24(15-21)31-28(35)17-42-30-32-23-6-4-20(33-9-11-39-12-10-33)14-22(23)29(36)34(30)16-19-3-7-26-27(13-19)41-18-40-26/h3-8,13-15H,9-12,16-18H2,1-2H3,(H,31,35). The highest BCUT2D eigenvalue weighted by molar-refractivity contribution is 7.99. The number of rotatable bonds is 9. The van der Waals surface area contributed by atoms with Gasteiger partial charge in [0.05, 0.1) is 56.3 Å². The zero-order valence-electron chi connectivity index (χ0n) is 23.3. The highest BCUT2D eigenvalue weighted by Gasteiger charge is 2.19. The van der Waals surface area contributed by atoms with Crippen LogP contribution >= 0.6 is 11.8 Å². The third kappa shape index (κ3) is 5.81. The average molecular weight is 591 g/mol. The molecule has 11 nitrogen and oxygen atoms in total. The minimum atomic E-state index is -0.279. The van der Waals surface area contributed by atoms with Gasteiger partial charge in [-0.3, -0.25) is 14.2 Å². The van der Waals surface area contributed by atoms with E-state index >= 15 is 0 Å². The molecule has 0 bridgehead atoms. The number of morpholine rings is 1. The molecule has 1 N–H and O–H groups in total. The smallest absolute Gasteiger partial charge is 0.262 e. The number of benzene rings is 3. The molecule has 0 spiro atoms. The number of hydrogen-bond donors (Lipinski definition) is 1. The van der Waals surface area contributed by atoms with Gasteiger partial charge in [0.25, 0.3) is 5.56 Å². The van der Waals surface area contributed by atoms with Crippen LogP contribution in [0.5, 0.6) is 23.0 Å². The summed E-state index contributed by atoms with van der Waals surface area (Å²) in [5.74, 6) is 2.13. The molecule has 0 radical (unpaired) electrons. The molecule has 0 unspecified atom stereocenters. The summed E-state index contributed by atoms with van der Waals surface area (Å²) in [5.41, 5.74) is 2.66. The normalized spacial score (nSPS) is 14.2. The van der Waals surface area contributed by atoms with E-state index in [9.17, 15) is 9.59 Å². The van der Waals surface area contributed by atoms with Gasteiger partial charge in [0.2, 0.25) is 12.7 Å². The maximum Gasteiger partial charge on any atom is 0.262 e. The van der Waals surface area contributed by atoms with Crippen LogP contribution in [0.3, 0.4) is 0 Å². The van der Waals surface area contributed by atoms with Gasteiger partial charge >= 0.3 is 0 Å². The second kappa shape index (κ2) is 12.2. The predicted octanol–water partition coefficient (Wildman–Crippen LogP) is 3.76. The first-order valence-corrected chi connectivity index (χ1v) is 14.4. The Kier molecular flexibility index (Phi) is 8.06. The molecule has 0 saturated carbocycles. The number of thioether (sulfide) groups is 1. The third-order valence-electron chi connectivity index (χ3n) is 7.07. The lowest BCUT2D eigenvalue weighted by Gasteiger charge is -2.29. The van der Waals surface area contributed by atoms with Crippen molar-refractivity contribution in [3.63, 3.8) is 0 Å². The van der Waals surface area contributed by atoms with Crippen LogP contribution in [0.2, 0.25) is 0 Å². The molecule has 0 aliphatic carbocycles. The van der Waals surface area contributed by atoms with E-state index < -0.39 is 0 Å². The molecule has 218 valence electrons. The van der Waals surface area contributed by atoms with E-state index in [-0.39, 0.29) is 30.6 Å². The first-order chi connectivity index (χ1) is 20.5. The first kappa shape index (κ1) is 27.7. The number of carbonyl (C=O) groups is 1. The van der Waals surface area contributed by atoms with Crippen molar-refractivity contribution in [1.82, 2.24) is 9.55 Å². The van der Waals surface area contributed by atoms with Gasteiger partial charge in [-0.2, -0.15) is 0 Å². The van der Waals surface area contributed by atoms with Crippen molar-refractivity contribution in [3.05, 3.63) is 70.5 Å². The second-order valence-corrected chi connectivity index (χ2v) is 10.6. The van der Waals surface area contributed by atoms with Crippen LogP contribution in [0, 0.1) is 0 Å². The Morgan fingerprint density at radius 1 is 1.00 bits per heavy atom. The van der Waals surface area contributed by atoms with Gasteiger partial charge in [0.15, 0.2) is 16.7 Å². The monoisotopic (exact) mass is 590 g/mol. The van der Waals surface area contributed by atoms with E-state index in [1.54, 1.807) is 29.9 Å². The van der Waals surface area contributed by atoms with E-state index in [4.69, 9.17) is 28.7 Å². The highest BCUT2D eigenvalue weighted by atomic mass is 32.2. The van der Waals surface area contributed by atoms with Gasteiger partial charge in [0.1, 0.15) is 11.5 Å². The van der Waals surface area contributed by atoms with Gasteiger partial charge in [0, 0.05) is 24.8 Å². The van der Waals surface area contributed by atoms with Crippen molar-refractivity contribution in [2.24, 2.45) is 0 Å². The number of amides is 1. The van der Waals surface area contributed by atoms with Crippen LogP contribution in [-0.4, -0.2) is 68.5 Å². The summed E-state index contributed by atoms with van der Waals surface area (Å²) in [6, 6.07) is 16.5. The van der Waals surface area contributed by atoms with E-state index in [0.717, 1.165) is 24.3 Å². The van der Waals surface area contributed by atoms with Crippen molar-refractivity contribution in [3.8, 4) is 23.0 Å². The predicted molar refractivity (Wildman–Crippen MR) is 160 cm³/mol. The van der Waals surface area contributed by atoms with Gasteiger partial charge in [-0.25, -0.2) is 4.98 Å². The molecule has 12 heteroatoms. The number of ether oxygens (including phenoxy) is 5. The maximum atomic E-state index is 14.0. The number of methoxy groups -OCH3 is 2. The van der Waals surface area contributed by atoms with Crippen LogP contribution < -0.4 is 34.7 Å². The van der Waals surface area contributed by atoms with Gasteiger partial charge in [-0.05, 0) is 48.0 Å². The van der Waals surface area contributed by atoms with Crippen molar-refractivity contribution >= 4 is 39.9 Å². The molecule has 2 aliphatic rings. The van der Waals surface area contributed by atoms with Crippen molar-refractivity contribution < 1.29 is 28.5 Å². The maximum absolute atomic E-state index is 14.0. The Bertz CT molecular complexity index is 1690. The largest absolute Gasteiger partial charge is 0.497 e. The molecule has 1 saturated heterocycles. The highest BCUT2D eigenvalue weighted by Crippen LogP contribution is 2.33. The summed E-state index contributed by atoms with van der Waals surface area (Å²) in [6.07, 6.45) is 0. The van der Waals surface area contributed by atoms with Gasteiger partial charge in [-0.15, -0.1) is 0 Å². The lowest BCUT2D eigenvalue weighted by molar-refractivity contribution is -0.113. The molecule has 3 aromatic carbocycles. The molecule has 2 aliphatic heterocycles. The molecular weight excluding hydrogens is 560 g/mol. The number of fused-ring (bicyclic) bond motifs is 2. The summed E-state index contributed by atoms with van der Waals surface area (Å²) in [5, 5.41) is 3.81. The first-order valence-electron chi connectivity index (χ1n) is 13.4. The fraction of sp³-hybridized carbons (Fsp3) is 0.300. The Balaban J connectivity index is 1.31. The number of nitrogens with zero attached hydrogens (tertiary/aromatic N) is 3. The SMILES string of the molecule is COc1ccc(OC)c(NC(=O)CSc2nc3ccc(N4CCOCC4)cc3c(=O)n2Cc2ccc3c(c2)OCO3)c1. The number of carbonyl (C=O) groups excluding carboxylic acids is 1. The molecular formula is C30H30N4O7S. The summed E-state index contributed by atoms with van der Waals surface area (Å²) >= 11 is 1.19. The summed E-state index contributed by atoms with van der Waals surface area (Å²) in [6.45, 7) is 3.20. The minimum absolute atomic E-state index is 0.0192. The van der Waals surface area contributed by atoms with Crippen LogP contribution in [-0.2, 0) is 16.1 Å². The fourth-order valence-electron chi connectivity index (χ4n) is 4.91. The fourth-order valence-corrected chi connectivity index (χ4v) is 5.70. The Labute approximate surface area is 246 Å². The van der Waals surface area contributed by atoms with Crippen LogP contribution in [0.25, 0.3) is 10.9 Å². The molecule has 1 aromatic heterocycles. The third-order valence-corrected chi connectivity index (χ3v) is 8.05. The summed E-state index contributed by atoms with van der Waals surface area (Å²) < 4.78 is 28.7. The molecule has 1 amide bonds. The molecule has 0 atom stereocenters. The number of hydrogen-bond acceptors (Lipinski definition) is 10. The topological polar surface area (TPSA) is 113 Å². The van der Waals surface area contributed by atoms with E-state index in [1.165, 1.54) is 18.9 Å². The van der Waals surface area contributed by atoms with Gasteiger partial charge in [-0.1, -0.05) is 17.8 Å². The Hall–Kier alpha value is -4.42. The number of nitrogens with one attached hydrogen (secondary N) is 1. The van der Waals surface area contributed by atoms with Crippen LogP contribution in [0.4, 0.5) is 11.4 Å². The minimum Gasteiger partial charge on any atom is -0.497 e. The Morgan fingerprint density at radius 3 is 2.64 bits per heavy atom. The van der Waals surface area contributed by atoms with E-state index in [1.807, 2.05) is 36.4 Å². The zero-order valence-corrected chi connectivity index (χ0v) is 24.1. The van der Waals surface area contributed by atoms with Gasteiger partial charge < -0.3 is 33.9 Å². The molecule has 4 aromatic rings. The lowest BCUT2D eigenvalue weighted by atomic mass is 10.1. The van der Waals surface area contributed by atoms with E-state index in [2.05, 4.69) is 10.2 Å². The van der Waals surface area contributed by atoms with Crippen molar-refractivity contribution in [2.75, 3.05) is 63.3 Å². The number of anilines is 2. The van der Waals surface area contributed by atoms with Crippen molar-refractivity contribution in [1.29, 1.82) is 0 Å². The summed E-state index contributed by atoms with van der Waals surface area (Å²) in [4.78, 5) is 34.1. The van der Waals surface area contributed by atoms with Crippen molar-refractivity contribution in [2.45, 2.75) is 11.7 Å². The van der Waals surface area contributed by atoms with Crippen LogP contribution in [0.15, 0.2) is 64.5 Å². The average Bonchev–Trinajstić information content (AvgIpc) is 3.50. The van der Waals surface area contributed by atoms with Crippen LogP contribution in [0.1, 0.15) is 5.56 Å². The molecule has 6 rings (SSSR count). The van der Waals surface area contributed by atoms with E-state index in [0.29, 0.717) is 58.0 Å². The number of aromatic nitrogens is 2. The molecule has 3 heterocycles. The zero-order chi connectivity index (χ0) is 29.1. The lowest BCUT2D eigenvalue weighted by Crippen LogP contribution is -2.36. The Morgan fingerprint density at radius 2 is 1.83 bits per heavy atom. The quantitative estimate of drug-likeness (QED) is 0.228. The molecule has 42 heavy (non-hydrogen) atoms. The second-order valence-electron chi connectivity index (χ2n) is 9.68.